The molecule has 6 heteroatoms. The Balaban J connectivity index is 1.95. The van der Waals surface area contributed by atoms with Gasteiger partial charge in [-0.15, -0.1) is 0 Å². The number of anilines is 1. The van der Waals surface area contributed by atoms with Crippen LogP contribution in [0.15, 0.2) is 54.1 Å². The lowest BCUT2D eigenvalue weighted by molar-refractivity contribution is 0.415. The topological polar surface area (TPSA) is 73.7 Å². The number of aromatic nitrogens is 2. The molecule has 27 heavy (non-hydrogen) atoms. The second-order valence-electron chi connectivity index (χ2n) is 6.31. The molecule has 4 rings (SSSR count). The Morgan fingerprint density at radius 2 is 1.89 bits per heavy atom. The monoisotopic (exact) mass is 360 g/mol. The van der Waals surface area contributed by atoms with Crippen molar-refractivity contribution in [3.63, 3.8) is 0 Å². The van der Waals surface area contributed by atoms with E-state index in [0.717, 1.165) is 22.6 Å². The predicted octanol–water partition coefficient (Wildman–Crippen LogP) is 4.36. The van der Waals surface area contributed by atoms with Gasteiger partial charge in [-0.05, 0) is 42.8 Å². The molecule has 1 atom stereocenters. The lowest BCUT2D eigenvalue weighted by Gasteiger charge is -2.27. The number of fused-ring (bicyclic) bond motifs is 1. The molecule has 0 saturated heterocycles. The highest BCUT2D eigenvalue weighted by molar-refractivity contribution is 5.87. The molecule has 1 aliphatic heterocycles. The summed E-state index contributed by atoms with van der Waals surface area (Å²) in [6.07, 6.45) is 0. The van der Waals surface area contributed by atoms with Crippen LogP contribution in [0.2, 0.25) is 0 Å². The van der Waals surface area contributed by atoms with E-state index in [1.165, 1.54) is 6.07 Å². The summed E-state index contributed by atoms with van der Waals surface area (Å²) in [6.45, 7) is 1.85. The van der Waals surface area contributed by atoms with E-state index in [1.807, 2.05) is 31.2 Å². The molecule has 0 fully saturated rings. The first-order chi connectivity index (χ1) is 13.1. The van der Waals surface area contributed by atoms with Gasteiger partial charge in [-0.25, -0.2) is 4.39 Å². The van der Waals surface area contributed by atoms with Crippen molar-refractivity contribution in [3.8, 4) is 11.8 Å². The van der Waals surface area contributed by atoms with Gasteiger partial charge < -0.3 is 10.1 Å². The molecule has 0 bridgehead atoms. The van der Waals surface area contributed by atoms with Crippen LogP contribution in [0.25, 0.3) is 5.70 Å². The predicted molar refractivity (Wildman–Crippen MR) is 101 cm³/mol. The number of ether oxygens (including phenoxy) is 1. The van der Waals surface area contributed by atoms with Crippen LogP contribution < -0.4 is 10.1 Å². The summed E-state index contributed by atoms with van der Waals surface area (Å²) >= 11 is 0. The van der Waals surface area contributed by atoms with Crippen molar-refractivity contribution in [2.24, 2.45) is 0 Å². The summed E-state index contributed by atoms with van der Waals surface area (Å²) in [5.74, 6) is 0.504. The van der Waals surface area contributed by atoms with Crippen LogP contribution in [0.4, 0.5) is 10.2 Å². The van der Waals surface area contributed by atoms with Crippen LogP contribution >= 0.6 is 0 Å². The van der Waals surface area contributed by atoms with Gasteiger partial charge in [0.05, 0.1) is 36.1 Å². The van der Waals surface area contributed by atoms with Gasteiger partial charge in [0.25, 0.3) is 0 Å². The zero-order chi connectivity index (χ0) is 19.0. The summed E-state index contributed by atoms with van der Waals surface area (Å²) in [5, 5.41) is 20.5. The van der Waals surface area contributed by atoms with E-state index in [0.29, 0.717) is 22.7 Å². The molecule has 0 aliphatic carbocycles. The van der Waals surface area contributed by atoms with Gasteiger partial charge in [0, 0.05) is 11.1 Å². The average molecular weight is 360 g/mol. The van der Waals surface area contributed by atoms with Gasteiger partial charge in [0.1, 0.15) is 17.4 Å². The fraction of sp³-hybridized carbons (Fsp3) is 0.143. The second-order valence-corrected chi connectivity index (χ2v) is 6.31. The third kappa shape index (κ3) is 2.74. The molecule has 2 N–H and O–H groups in total. The van der Waals surface area contributed by atoms with Gasteiger partial charge >= 0.3 is 0 Å². The van der Waals surface area contributed by atoms with Crippen molar-refractivity contribution in [2.75, 3.05) is 12.4 Å². The fourth-order valence-corrected chi connectivity index (χ4v) is 3.50. The lowest BCUT2D eigenvalue weighted by atomic mass is 9.80. The first-order valence-electron chi connectivity index (χ1n) is 8.49. The van der Waals surface area contributed by atoms with Gasteiger partial charge in [0.15, 0.2) is 0 Å². The number of rotatable bonds is 3. The van der Waals surface area contributed by atoms with E-state index < -0.39 is 5.92 Å². The number of aromatic amines is 1. The number of allylic oxidation sites excluding steroid dienone is 1. The smallest absolute Gasteiger partial charge is 0.130 e. The Labute approximate surface area is 156 Å². The van der Waals surface area contributed by atoms with E-state index in [-0.39, 0.29) is 5.82 Å². The van der Waals surface area contributed by atoms with Crippen molar-refractivity contribution in [1.82, 2.24) is 10.2 Å². The van der Waals surface area contributed by atoms with Crippen molar-refractivity contribution in [3.05, 3.63) is 82.3 Å². The number of aryl methyl sites for hydroxylation is 1. The standard InChI is InChI=1S/C21H17FN4O/c1-12-18-19(15-5-3-4-6-17(15)22)16(11-23)20(24-21(18)26-25-12)13-7-9-14(27-2)10-8-13/h3-10,19H,1-2H3,(H2,24,25,26). The lowest BCUT2D eigenvalue weighted by Crippen LogP contribution is -2.18. The minimum atomic E-state index is -0.539. The van der Waals surface area contributed by atoms with E-state index >= 15 is 0 Å². The maximum Gasteiger partial charge on any atom is 0.130 e. The quantitative estimate of drug-likeness (QED) is 0.728. The number of nitrogens with one attached hydrogen (secondary N) is 2. The van der Waals surface area contributed by atoms with Crippen LogP contribution in [0.5, 0.6) is 5.75 Å². The number of methoxy groups -OCH3 is 1. The summed E-state index contributed by atoms with van der Waals surface area (Å²) in [7, 11) is 1.60. The molecule has 0 radical (unpaired) electrons. The van der Waals surface area contributed by atoms with Gasteiger partial charge in [-0.1, -0.05) is 18.2 Å². The molecule has 0 saturated carbocycles. The molecular formula is C21H17FN4O. The van der Waals surface area contributed by atoms with Crippen LogP contribution in [0, 0.1) is 24.1 Å². The molecule has 134 valence electrons. The molecule has 1 unspecified atom stereocenters. The Kier molecular flexibility index (Phi) is 4.13. The minimum absolute atomic E-state index is 0.349. The molecular weight excluding hydrogens is 343 g/mol. The average Bonchev–Trinajstić information content (AvgIpc) is 3.08. The number of benzene rings is 2. The molecule has 2 aromatic carbocycles. The van der Waals surface area contributed by atoms with E-state index in [1.54, 1.807) is 25.3 Å². The zero-order valence-corrected chi connectivity index (χ0v) is 14.9. The second kappa shape index (κ2) is 6.61. The van der Waals surface area contributed by atoms with Crippen LogP contribution in [-0.4, -0.2) is 17.3 Å². The van der Waals surface area contributed by atoms with Crippen LogP contribution in [-0.2, 0) is 0 Å². The van der Waals surface area contributed by atoms with Crippen molar-refractivity contribution in [1.29, 1.82) is 5.26 Å². The van der Waals surface area contributed by atoms with E-state index in [2.05, 4.69) is 21.6 Å². The number of nitrogens with zero attached hydrogens (tertiary/aromatic N) is 2. The number of hydrogen-bond donors (Lipinski definition) is 2. The van der Waals surface area contributed by atoms with Gasteiger partial charge in [-0.2, -0.15) is 10.4 Å². The maximum absolute atomic E-state index is 14.6. The Bertz CT molecular complexity index is 1080. The highest BCUT2D eigenvalue weighted by Gasteiger charge is 2.34. The normalized spacial score (nSPS) is 15.7. The van der Waals surface area contributed by atoms with Gasteiger partial charge in [-0.3, -0.25) is 5.10 Å². The number of nitriles is 1. The van der Waals surface area contributed by atoms with Crippen molar-refractivity contribution in [2.45, 2.75) is 12.8 Å². The Hall–Kier alpha value is -3.59. The molecule has 3 aromatic rings. The summed E-state index contributed by atoms with van der Waals surface area (Å²) < 4.78 is 19.9. The highest BCUT2D eigenvalue weighted by atomic mass is 19.1. The Morgan fingerprint density at radius 1 is 1.15 bits per heavy atom. The maximum atomic E-state index is 14.6. The minimum Gasteiger partial charge on any atom is -0.497 e. The van der Waals surface area contributed by atoms with Crippen molar-refractivity contribution >= 4 is 11.5 Å². The zero-order valence-electron chi connectivity index (χ0n) is 14.9. The molecule has 1 aliphatic rings. The van der Waals surface area contributed by atoms with Crippen LogP contribution in [0.3, 0.4) is 0 Å². The summed E-state index contributed by atoms with van der Waals surface area (Å²) in [6, 6.07) is 16.2. The van der Waals surface area contributed by atoms with E-state index in [4.69, 9.17) is 4.74 Å². The van der Waals surface area contributed by atoms with Gasteiger partial charge in [0.2, 0.25) is 0 Å². The first kappa shape index (κ1) is 16.9. The molecule has 2 heterocycles. The largest absolute Gasteiger partial charge is 0.497 e. The summed E-state index contributed by atoms with van der Waals surface area (Å²) in [5.41, 5.74) is 3.85. The Morgan fingerprint density at radius 3 is 2.56 bits per heavy atom. The third-order valence-electron chi connectivity index (χ3n) is 4.81. The highest BCUT2D eigenvalue weighted by Crippen LogP contribution is 2.45. The van der Waals surface area contributed by atoms with E-state index in [9.17, 15) is 9.65 Å². The molecule has 1 aromatic heterocycles. The molecule has 5 nitrogen and oxygen atoms in total. The fourth-order valence-electron chi connectivity index (χ4n) is 3.50. The van der Waals surface area contributed by atoms with Crippen LogP contribution in [0.1, 0.15) is 28.3 Å². The number of halogens is 1. The first-order valence-corrected chi connectivity index (χ1v) is 8.49. The third-order valence-corrected chi connectivity index (χ3v) is 4.81. The molecule has 0 spiro atoms. The van der Waals surface area contributed by atoms with Crippen molar-refractivity contribution < 1.29 is 9.13 Å². The number of H-pyrrole nitrogens is 1. The summed E-state index contributed by atoms with van der Waals surface area (Å²) in [4.78, 5) is 0. The number of hydrogen-bond acceptors (Lipinski definition) is 4. The molecule has 0 amide bonds. The SMILES string of the molecule is COc1ccc(C2=C(C#N)C(c3ccccc3F)c3c(C)n[nH]c3N2)cc1.